The van der Waals surface area contributed by atoms with Gasteiger partial charge in [0.05, 0.1) is 29.1 Å². The van der Waals surface area contributed by atoms with Crippen molar-refractivity contribution in [1.29, 1.82) is 10.5 Å². The van der Waals surface area contributed by atoms with Crippen LogP contribution in [0.4, 0.5) is 0 Å². The van der Waals surface area contributed by atoms with Crippen LogP contribution in [0.5, 0.6) is 0 Å². The molecule has 0 saturated heterocycles. The summed E-state index contributed by atoms with van der Waals surface area (Å²) >= 11 is 1.35. The Morgan fingerprint density at radius 1 is 0.829 bits per heavy atom. The molecule has 0 aliphatic heterocycles. The van der Waals surface area contributed by atoms with Crippen LogP contribution in [0.25, 0.3) is 27.6 Å². The highest BCUT2D eigenvalue weighted by Crippen LogP contribution is 2.36. The predicted molar refractivity (Wildman–Crippen MR) is 136 cm³/mol. The SMILES string of the molecule is N#CC(C#N)C(c1ccccc1)c1c(-c2ccccc2)[nH]n(-c2nc(-c3ccccc3)cs2)c1=O. The average Bonchev–Trinajstić information content (AvgIpc) is 3.54. The fraction of sp³-hybridized carbons (Fsp3) is 0.0714. The Morgan fingerprint density at radius 3 is 2.00 bits per heavy atom. The van der Waals surface area contributed by atoms with Gasteiger partial charge in [-0.15, -0.1) is 11.3 Å². The van der Waals surface area contributed by atoms with E-state index in [2.05, 4.69) is 17.2 Å². The van der Waals surface area contributed by atoms with E-state index in [1.807, 2.05) is 96.4 Å². The Bertz CT molecular complexity index is 1570. The monoisotopic (exact) mass is 473 g/mol. The molecular formula is C28H19N5OS. The summed E-state index contributed by atoms with van der Waals surface area (Å²) in [7, 11) is 0. The first-order valence-electron chi connectivity index (χ1n) is 11.0. The Labute approximate surface area is 206 Å². The van der Waals surface area contributed by atoms with Gasteiger partial charge in [-0.1, -0.05) is 91.0 Å². The molecule has 0 spiro atoms. The van der Waals surface area contributed by atoms with Gasteiger partial charge in [-0.3, -0.25) is 9.89 Å². The zero-order chi connectivity index (χ0) is 24.2. The van der Waals surface area contributed by atoms with Gasteiger partial charge in [0.2, 0.25) is 5.13 Å². The molecule has 2 heterocycles. The summed E-state index contributed by atoms with van der Waals surface area (Å²) in [6, 6.07) is 32.6. The molecule has 0 fully saturated rings. The van der Waals surface area contributed by atoms with Crippen LogP contribution in [-0.2, 0) is 0 Å². The van der Waals surface area contributed by atoms with E-state index in [4.69, 9.17) is 4.98 Å². The lowest BCUT2D eigenvalue weighted by atomic mass is 9.81. The number of H-pyrrole nitrogens is 1. The third kappa shape index (κ3) is 4.17. The minimum atomic E-state index is -1.05. The van der Waals surface area contributed by atoms with E-state index in [1.165, 1.54) is 16.0 Å². The zero-order valence-electron chi connectivity index (χ0n) is 18.5. The molecule has 3 aromatic carbocycles. The number of benzene rings is 3. The van der Waals surface area contributed by atoms with Gasteiger partial charge in [-0.2, -0.15) is 15.2 Å². The lowest BCUT2D eigenvalue weighted by Gasteiger charge is -2.17. The molecule has 5 rings (SSSR count). The van der Waals surface area contributed by atoms with Crippen LogP contribution in [0.3, 0.4) is 0 Å². The second kappa shape index (κ2) is 9.64. The summed E-state index contributed by atoms with van der Waals surface area (Å²) in [5.41, 5.74) is 3.83. The van der Waals surface area contributed by atoms with Crippen LogP contribution in [0, 0.1) is 28.6 Å². The molecule has 0 amide bonds. The van der Waals surface area contributed by atoms with E-state index in [-0.39, 0.29) is 5.56 Å². The van der Waals surface area contributed by atoms with Crippen molar-refractivity contribution in [3.05, 3.63) is 118 Å². The molecule has 5 aromatic rings. The number of nitrogens with one attached hydrogen (secondary N) is 1. The van der Waals surface area contributed by atoms with Gasteiger partial charge in [0.15, 0.2) is 0 Å². The molecule has 1 N–H and O–H groups in total. The fourth-order valence-corrected chi connectivity index (χ4v) is 4.96. The molecule has 1 unspecified atom stereocenters. The third-order valence-corrected chi connectivity index (χ3v) is 6.65. The third-order valence-electron chi connectivity index (χ3n) is 5.82. The quantitative estimate of drug-likeness (QED) is 0.339. The Morgan fingerprint density at radius 2 is 1.40 bits per heavy atom. The molecule has 2 aromatic heterocycles. The molecule has 0 radical (unpaired) electrons. The summed E-state index contributed by atoms with van der Waals surface area (Å²) in [6.45, 7) is 0. The van der Waals surface area contributed by atoms with Crippen molar-refractivity contribution in [1.82, 2.24) is 14.8 Å². The zero-order valence-corrected chi connectivity index (χ0v) is 19.3. The van der Waals surface area contributed by atoms with E-state index < -0.39 is 11.8 Å². The minimum Gasteiger partial charge on any atom is -0.288 e. The molecule has 168 valence electrons. The highest BCUT2D eigenvalue weighted by Gasteiger charge is 2.33. The van der Waals surface area contributed by atoms with E-state index in [9.17, 15) is 15.3 Å². The summed E-state index contributed by atoms with van der Waals surface area (Å²) in [5.74, 6) is -1.78. The van der Waals surface area contributed by atoms with Crippen LogP contribution >= 0.6 is 11.3 Å². The van der Waals surface area contributed by atoms with Gasteiger partial charge in [-0.25, -0.2) is 4.98 Å². The fourth-order valence-electron chi connectivity index (χ4n) is 4.17. The molecule has 35 heavy (non-hydrogen) atoms. The number of thiazole rings is 1. The predicted octanol–water partition coefficient (Wildman–Crippen LogP) is 5.75. The van der Waals surface area contributed by atoms with Gasteiger partial charge in [0.25, 0.3) is 5.56 Å². The van der Waals surface area contributed by atoms with Gasteiger partial charge in [-0.05, 0) is 11.1 Å². The Balaban J connectivity index is 1.74. The second-order valence-corrected chi connectivity index (χ2v) is 8.75. The number of aromatic amines is 1. The van der Waals surface area contributed by atoms with Crippen LogP contribution in [-0.4, -0.2) is 14.8 Å². The van der Waals surface area contributed by atoms with Crippen molar-refractivity contribution in [2.75, 3.05) is 0 Å². The summed E-state index contributed by atoms with van der Waals surface area (Å²) in [6.07, 6.45) is 0. The number of hydrogen-bond donors (Lipinski definition) is 1. The molecule has 7 heteroatoms. The van der Waals surface area contributed by atoms with Crippen molar-refractivity contribution in [3.63, 3.8) is 0 Å². The highest BCUT2D eigenvalue weighted by atomic mass is 32.1. The Kier molecular flexibility index (Phi) is 6.09. The molecule has 1 atom stereocenters. The lowest BCUT2D eigenvalue weighted by molar-refractivity contribution is 0.703. The standard InChI is InChI=1S/C28H19N5OS/c29-16-22(17-30)24(20-12-6-2-7-13-20)25-26(21-14-8-3-9-15-21)32-33(27(25)34)28-31-23(18-35-28)19-10-4-1-5-11-19/h1-15,18,22,24,32H. The maximum Gasteiger partial charge on any atom is 0.277 e. The topological polar surface area (TPSA) is 98.3 Å². The first-order chi connectivity index (χ1) is 17.2. The molecule has 0 saturated carbocycles. The number of rotatable bonds is 6. The minimum absolute atomic E-state index is 0.331. The van der Waals surface area contributed by atoms with Crippen molar-refractivity contribution >= 4 is 11.3 Å². The number of nitriles is 2. The van der Waals surface area contributed by atoms with Gasteiger partial charge < -0.3 is 0 Å². The molecule has 6 nitrogen and oxygen atoms in total. The van der Waals surface area contributed by atoms with Crippen LogP contribution < -0.4 is 5.56 Å². The van der Waals surface area contributed by atoms with Crippen molar-refractivity contribution < 1.29 is 0 Å². The molecular weight excluding hydrogens is 454 g/mol. The van der Waals surface area contributed by atoms with Gasteiger partial charge in [0.1, 0.15) is 5.92 Å². The summed E-state index contributed by atoms with van der Waals surface area (Å²) in [5, 5.41) is 25.3. The maximum absolute atomic E-state index is 13.9. The van der Waals surface area contributed by atoms with E-state index in [0.29, 0.717) is 16.4 Å². The summed E-state index contributed by atoms with van der Waals surface area (Å²) in [4.78, 5) is 18.6. The van der Waals surface area contributed by atoms with Crippen molar-refractivity contribution in [3.8, 4) is 39.8 Å². The van der Waals surface area contributed by atoms with Gasteiger partial charge in [0, 0.05) is 16.9 Å². The van der Waals surface area contributed by atoms with Crippen LogP contribution in [0.15, 0.2) is 101 Å². The van der Waals surface area contributed by atoms with E-state index >= 15 is 0 Å². The molecule has 0 bridgehead atoms. The lowest BCUT2D eigenvalue weighted by Crippen LogP contribution is -2.23. The van der Waals surface area contributed by atoms with Crippen molar-refractivity contribution in [2.45, 2.75) is 5.92 Å². The average molecular weight is 474 g/mol. The molecule has 0 aliphatic rings. The first kappa shape index (κ1) is 22.1. The maximum atomic E-state index is 13.9. The van der Waals surface area contributed by atoms with Crippen LogP contribution in [0.1, 0.15) is 17.0 Å². The number of nitrogens with zero attached hydrogens (tertiary/aromatic N) is 4. The van der Waals surface area contributed by atoms with Crippen LogP contribution in [0.2, 0.25) is 0 Å². The highest BCUT2D eigenvalue weighted by molar-refractivity contribution is 7.12. The first-order valence-corrected chi connectivity index (χ1v) is 11.8. The number of hydrogen-bond acceptors (Lipinski definition) is 5. The van der Waals surface area contributed by atoms with Crippen molar-refractivity contribution in [2.24, 2.45) is 5.92 Å². The van der Waals surface area contributed by atoms with E-state index in [1.54, 1.807) is 0 Å². The Hall–Kier alpha value is -4.72. The number of aromatic nitrogens is 3. The smallest absolute Gasteiger partial charge is 0.277 e. The largest absolute Gasteiger partial charge is 0.288 e. The van der Waals surface area contributed by atoms with E-state index in [0.717, 1.165) is 22.4 Å². The normalized spacial score (nSPS) is 11.6. The molecule has 0 aliphatic carbocycles. The van der Waals surface area contributed by atoms with Gasteiger partial charge >= 0.3 is 0 Å². The second-order valence-electron chi connectivity index (χ2n) is 7.91. The summed E-state index contributed by atoms with van der Waals surface area (Å²) < 4.78 is 1.41.